The van der Waals surface area contributed by atoms with Gasteiger partial charge in [0.05, 0.1) is 17.2 Å². The van der Waals surface area contributed by atoms with E-state index in [1.807, 2.05) is 0 Å². The number of carboxylic acids is 1. The molecule has 0 aliphatic rings. The highest BCUT2D eigenvalue weighted by Gasteiger charge is 2.17. The zero-order chi connectivity index (χ0) is 21.0. The Morgan fingerprint density at radius 1 is 1.07 bits per heavy atom. The van der Waals surface area contributed by atoms with E-state index in [1.165, 1.54) is 42.5 Å². The standard InChI is InChI=1S/C22H17ClFNO4/c1-13(14-5-7-15(8-6-14)22(27)28)25-21(26)19-11-16(23)9-10-20(19)29-18-4-2-3-17(24)12-18/h2-13H,1H3,(H,25,26)(H,27,28). The lowest BCUT2D eigenvalue weighted by atomic mass is 10.1. The molecule has 0 radical (unpaired) electrons. The van der Waals surface area contributed by atoms with Crippen LogP contribution in [-0.4, -0.2) is 17.0 Å². The van der Waals surface area contributed by atoms with E-state index in [2.05, 4.69) is 5.32 Å². The van der Waals surface area contributed by atoms with E-state index in [1.54, 1.807) is 31.2 Å². The fourth-order valence-electron chi connectivity index (χ4n) is 2.70. The fourth-order valence-corrected chi connectivity index (χ4v) is 2.87. The summed E-state index contributed by atoms with van der Waals surface area (Å²) in [6.07, 6.45) is 0. The van der Waals surface area contributed by atoms with Crippen LogP contribution in [0.3, 0.4) is 0 Å². The number of benzene rings is 3. The van der Waals surface area contributed by atoms with E-state index in [0.717, 1.165) is 5.56 Å². The minimum Gasteiger partial charge on any atom is -0.478 e. The molecule has 148 valence electrons. The van der Waals surface area contributed by atoms with Crippen molar-refractivity contribution in [1.29, 1.82) is 0 Å². The van der Waals surface area contributed by atoms with Crippen LogP contribution in [0.25, 0.3) is 0 Å². The summed E-state index contributed by atoms with van der Waals surface area (Å²) in [5.41, 5.74) is 1.08. The summed E-state index contributed by atoms with van der Waals surface area (Å²) in [6, 6.07) is 16.0. The van der Waals surface area contributed by atoms with Gasteiger partial charge in [-0.25, -0.2) is 9.18 Å². The molecule has 0 fully saturated rings. The molecule has 7 heteroatoms. The van der Waals surface area contributed by atoms with E-state index in [-0.39, 0.29) is 22.6 Å². The summed E-state index contributed by atoms with van der Waals surface area (Å²) in [4.78, 5) is 23.8. The Hall–Kier alpha value is -3.38. The zero-order valence-corrected chi connectivity index (χ0v) is 16.1. The first-order valence-corrected chi connectivity index (χ1v) is 9.08. The summed E-state index contributed by atoms with van der Waals surface area (Å²) < 4.78 is 19.1. The zero-order valence-electron chi connectivity index (χ0n) is 15.4. The van der Waals surface area contributed by atoms with Crippen LogP contribution >= 0.6 is 11.6 Å². The molecule has 1 amide bonds. The SMILES string of the molecule is CC(NC(=O)c1cc(Cl)ccc1Oc1cccc(F)c1)c1ccc(C(=O)O)cc1. The lowest BCUT2D eigenvalue weighted by Crippen LogP contribution is -2.27. The van der Waals surface area contributed by atoms with Crippen LogP contribution in [0.5, 0.6) is 11.5 Å². The maximum atomic E-state index is 13.4. The molecule has 0 aromatic heterocycles. The van der Waals surface area contributed by atoms with Gasteiger partial charge in [0.25, 0.3) is 5.91 Å². The predicted molar refractivity (Wildman–Crippen MR) is 107 cm³/mol. The number of carboxylic acid groups (broad SMARTS) is 1. The topological polar surface area (TPSA) is 75.6 Å². The Balaban J connectivity index is 1.80. The van der Waals surface area contributed by atoms with Crippen molar-refractivity contribution in [3.05, 3.63) is 94.3 Å². The second-order valence-corrected chi connectivity index (χ2v) is 6.76. The van der Waals surface area contributed by atoms with Gasteiger partial charge < -0.3 is 15.2 Å². The molecular weight excluding hydrogens is 397 g/mol. The minimum absolute atomic E-state index is 0.160. The molecule has 3 rings (SSSR count). The summed E-state index contributed by atoms with van der Waals surface area (Å²) in [5, 5.41) is 12.2. The van der Waals surface area contributed by atoms with Gasteiger partial charge in [0.15, 0.2) is 0 Å². The second-order valence-electron chi connectivity index (χ2n) is 6.32. The predicted octanol–water partition coefficient (Wildman–Crippen LogP) is 5.46. The first-order valence-electron chi connectivity index (χ1n) is 8.70. The molecular formula is C22H17ClFNO4. The van der Waals surface area contributed by atoms with Gasteiger partial charge in [0, 0.05) is 11.1 Å². The second kappa shape index (κ2) is 8.75. The third kappa shape index (κ3) is 5.12. The van der Waals surface area contributed by atoms with E-state index in [9.17, 15) is 14.0 Å². The number of hydrogen-bond donors (Lipinski definition) is 2. The molecule has 5 nitrogen and oxygen atoms in total. The van der Waals surface area contributed by atoms with Gasteiger partial charge >= 0.3 is 5.97 Å². The number of carbonyl (C=O) groups is 2. The molecule has 1 unspecified atom stereocenters. The van der Waals surface area contributed by atoms with Crippen molar-refractivity contribution in [2.45, 2.75) is 13.0 Å². The largest absolute Gasteiger partial charge is 0.478 e. The molecule has 0 saturated heterocycles. The number of rotatable bonds is 6. The maximum absolute atomic E-state index is 13.4. The van der Waals surface area contributed by atoms with Gasteiger partial charge in [-0.1, -0.05) is 29.8 Å². The quantitative estimate of drug-likeness (QED) is 0.562. The van der Waals surface area contributed by atoms with E-state index < -0.39 is 23.7 Å². The molecule has 0 aliphatic carbocycles. The first-order chi connectivity index (χ1) is 13.8. The molecule has 0 bridgehead atoms. The smallest absolute Gasteiger partial charge is 0.335 e. The number of amides is 1. The van der Waals surface area contributed by atoms with Crippen LogP contribution in [-0.2, 0) is 0 Å². The number of ether oxygens (including phenoxy) is 1. The summed E-state index contributed by atoms with van der Waals surface area (Å²) in [6.45, 7) is 1.77. The van der Waals surface area contributed by atoms with Gasteiger partial charge in [-0.2, -0.15) is 0 Å². The minimum atomic E-state index is -1.02. The van der Waals surface area contributed by atoms with Crippen LogP contribution in [0, 0.1) is 5.82 Å². The molecule has 3 aromatic rings. The van der Waals surface area contributed by atoms with Crippen molar-refractivity contribution in [3.63, 3.8) is 0 Å². The third-order valence-electron chi connectivity index (χ3n) is 4.22. The maximum Gasteiger partial charge on any atom is 0.335 e. The monoisotopic (exact) mass is 413 g/mol. The van der Waals surface area contributed by atoms with Gasteiger partial charge in [-0.3, -0.25) is 4.79 Å². The molecule has 29 heavy (non-hydrogen) atoms. The molecule has 3 aromatic carbocycles. The fraction of sp³-hybridized carbons (Fsp3) is 0.0909. The number of nitrogens with one attached hydrogen (secondary N) is 1. The van der Waals surface area contributed by atoms with Gasteiger partial charge in [0.2, 0.25) is 0 Å². The lowest BCUT2D eigenvalue weighted by Gasteiger charge is -2.17. The normalized spacial score (nSPS) is 11.6. The number of aromatic carboxylic acids is 1. The van der Waals surface area contributed by atoms with Crippen LogP contribution in [0.4, 0.5) is 4.39 Å². The highest BCUT2D eigenvalue weighted by Crippen LogP contribution is 2.29. The molecule has 0 aliphatic heterocycles. The Morgan fingerprint density at radius 3 is 2.45 bits per heavy atom. The van der Waals surface area contributed by atoms with Crippen molar-refractivity contribution < 1.29 is 23.8 Å². The Labute approximate surface area is 171 Å². The molecule has 1 atom stereocenters. The average molecular weight is 414 g/mol. The van der Waals surface area contributed by atoms with Crippen LogP contribution in [0.1, 0.15) is 39.2 Å². The van der Waals surface area contributed by atoms with Crippen molar-refractivity contribution in [2.75, 3.05) is 0 Å². The Morgan fingerprint density at radius 2 is 1.79 bits per heavy atom. The van der Waals surface area contributed by atoms with Crippen LogP contribution in [0.15, 0.2) is 66.7 Å². The average Bonchev–Trinajstić information content (AvgIpc) is 2.69. The number of halogens is 2. The van der Waals surface area contributed by atoms with Crippen molar-refractivity contribution >= 4 is 23.5 Å². The van der Waals surface area contributed by atoms with Crippen LogP contribution < -0.4 is 10.1 Å². The lowest BCUT2D eigenvalue weighted by molar-refractivity contribution is 0.0696. The summed E-state index contributed by atoms with van der Waals surface area (Å²) >= 11 is 6.04. The Bertz CT molecular complexity index is 1050. The van der Waals surface area contributed by atoms with E-state index >= 15 is 0 Å². The van der Waals surface area contributed by atoms with Crippen molar-refractivity contribution in [3.8, 4) is 11.5 Å². The summed E-state index contributed by atoms with van der Waals surface area (Å²) in [7, 11) is 0. The van der Waals surface area contributed by atoms with Gasteiger partial charge in [0.1, 0.15) is 17.3 Å². The molecule has 0 saturated carbocycles. The van der Waals surface area contributed by atoms with Crippen LogP contribution in [0.2, 0.25) is 5.02 Å². The third-order valence-corrected chi connectivity index (χ3v) is 4.45. The molecule has 2 N–H and O–H groups in total. The number of carbonyl (C=O) groups excluding carboxylic acids is 1. The van der Waals surface area contributed by atoms with Crippen molar-refractivity contribution in [2.24, 2.45) is 0 Å². The molecule has 0 heterocycles. The van der Waals surface area contributed by atoms with Crippen molar-refractivity contribution in [1.82, 2.24) is 5.32 Å². The van der Waals surface area contributed by atoms with E-state index in [4.69, 9.17) is 21.4 Å². The molecule has 0 spiro atoms. The highest BCUT2D eigenvalue weighted by molar-refractivity contribution is 6.31. The Kier molecular flexibility index (Phi) is 6.14. The summed E-state index contributed by atoms with van der Waals surface area (Å²) in [5.74, 6) is -1.44. The first kappa shape index (κ1) is 20.4. The number of hydrogen-bond acceptors (Lipinski definition) is 3. The van der Waals surface area contributed by atoms with Gasteiger partial charge in [-0.05, 0) is 55.0 Å². The highest BCUT2D eigenvalue weighted by atomic mass is 35.5. The van der Waals surface area contributed by atoms with Gasteiger partial charge in [-0.15, -0.1) is 0 Å². The van der Waals surface area contributed by atoms with E-state index in [0.29, 0.717) is 5.02 Å².